The van der Waals surface area contributed by atoms with Crippen LogP contribution >= 0.6 is 0 Å². The van der Waals surface area contributed by atoms with Crippen LogP contribution in [-0.2, 0) is 31.1 Å². The van der Waals surface area contributed by atoms with E-state index in [1.807, 2.05) is 0 Å². The first-order valence-corrected chi connectivity index (χ1v) is 38.3. The molecule has 532 valence electrons. The van der Waals surface area contributed by atoms with Crippen LogP contribution in [0.15, 0.2) is 97.1 Å². The summed E-state index contributed by atoms with van der Waals surface area (Å²) in [6.07, 6.45) is 11.2. The van der Waals surface area contributed by atoms with Crippen molar-refractivity contribution in [3.8, 4) is 11.5 Å². The molecule has 0 spiro atoms. The highest BCUT2D eigenvalue weighted by Crippen LogP contribution is 2.50. The molecule has 10 bridgehead atoms. The number of rotatable bonds is 11. The van der Waals surface area contributed by atoms with Gasteiger partial charge in [-0.15, -0.1) is 0 Å². The van der Waals surface area contributed by atoms with Gasteiger partial charge in [0.15, 0.2) is 0 Å². The van der Waals surface area contributed by atoms with Crippen molar-refractivity contribution >= 4 is 5.69 Å². The molecule has 4 aromatic carbocycles. The molecule has 13 aliphatic heterocycles. The monoisotopic (exact) mass is 1320 g/mol. The summed E-state index contributed by atoms with van der Waals surface area (Å²) in [5.41, 5.74) is 8.25. The van der Waals surface area contributed by atoms with Gasteiger partial charge in [0, 0.05) is 146 Å². The number of ether oxygens (including phenoxy) is 4. The van der Waals surface area contributed by atoms with Crippen molar-refractivity contribution in [2.75, 3.05) is 149 Å². The molecule has 0 aliphatic carbocycles. The first-order valence-electron chi connectivity index (χ1n) is 38.3. The summed E-state index contributed by atoms with van der Waals surface area (Å²) >= 11 is 0. The van der Waals surface area contributed by atoms with E-state index in [2.05, 4.69) is 247 Å². The maximum atomic E-state index is 7.26. The Morgan fingerprint density at radius 3 is 1.57 bits per heavy atom. The van der Waals surface area contributed by atoms with E-state index in [-0.39, 0.29) is 50.0 Å². The molecule has 0 unspecified atom stereocenters. The molecule has 12 nitrogen and oxygen atoms in total. The highest BCUT2D eigenvalue weighted by molar-refractivity contribution is 5.50. The van der Waals surface area contributed by atoms with Gasteiger partial charge < -0.3 is 23.8 Å². The summed E-state index contributed by atoms with van der Waals surface area (Å²) in [4.78, 5) is 21.5. The van der Waals surface area contributed by atoms with Crippen LogP contribution in [0.2, 0.25) is 0 Å². The Balaban J connectivity index is 0.819. The number of hydrogen-bond donors (Lipinski definition) is 0. The topological polar surface area (TPSA) is 62.8 Å². The molecular weight excluding hydrogens is 1180 g/mol. The molecule has 6 fully saturated rings. The van der Waals surface area contributed by atoms with E-state index in [0.29, 0.717) is 31.2 Å². The van der Waals surface area contributed by atoms with Gasteiger partial charge in [0.05, 0.1) is 23.9 Å². The lowest BCUT2D eigenvalue weighted by Gasteiger charge is -2.60. The third-order valence-corrected chi connectivity index (χ3v) is 25.5. The van der Waals surface area contributed by atoms with Gasteiger partial charge in [0.25, 0.3) is 0 Å². The minimum absolute atomic E-state index is 0.0591. The van der Waals surface area contributed by atoms with E-state index < -0.39 is 0 Å². The molecule has 0 aromatic heterocycles. The molecule has 0 radical (unpaired) electrons. The predicted octanol–water partition coefficient (Wildman–Crippen LogP) is 14.9. The summed E-state index contributed by atoms with van der Waals surface area (Å²) in [5.74, 6) is 2.55. The fourth-order valence-electron chi connectivity index (χ4n) is 17.2. The molecule has 0 saturated carbocycles. The first-order chi connectivity index (χ1) is 45.4. The van der Waals surface area contributed by atoms with Crippen LogP contribution in [0.25, 0.3) is 0 Å². The standard InChI is InChI=1S/C84H132N8O4/c1-77(2,3)91-61-72(62-91)90-53-51-89(52-54-90)71-27-21-70(22-28-71)84(16)42-41-83(15,69-25-31-75(32-26-69)94-59-56-86-47-49-87(50-48-86)57-60-95-78(4,5)6)40-39-81(11,12)96-76-35-43-85(44-36-76)55-58-93-74-29-23-68(24-30-74)80(9,10)38-37-79(7,8)67-19-17-65(18-20-67)66-33-45-88(46-34-66)73-63-92(64-73)82(84,13)14/h17-32,66,72-73,76H,33-64H2,1-16H3/t83-,84+/m1/s1. The van der Waals surface area contributed by atoms with E-state index in [1.165, 1.54) is 72.5 Å². The Kier molecular flexibility index (Phi) is 23.0. The molecule has 0 N–H and O–H groups in total. The minimum Gasteiger partial charge on any atom is -0.492 e. The van der Waals surface area contributed by atoms with Crippen LogP contribution in [0, 0.1) is 0 Å². The molecule has 6 saturated heterocycles. The van der Waals surface area contributed by atoms with Gasteiger partial charge in [-0.05, 0) is 233 Å². The largest absolute Gasteiger partial charge is 0.492 e. The van der Waals surface area contributed by atoms with Crippen LogP contribution in [0.1, 0.15) is 209 Å². The van der Waals surface area contributed by atoms with Gasteiger partial charge in [0.2, 0.25) is 0 Å². The second-order valence-electron chi connectivity index (χ2n) is 35.8. The number of piperazine rings is 2. The number of anilines is 1. The van der Waals surface area contributed by atoms with Crippen LogP contribution in [0.3, 0.4) is 0 Å². The third kappa shape index (κ3) is 18.1. The minimum atomic E-state index is -0.278. The van der Waals surface area contributed by atoms with Gasteiger partial charge in [-0.1, -0.05) is 102 Å². The smallest absolute Gasteiger partial charge is 0.119 e. The molecular formula is C84H132N8O4. The van der Waals surface area contributed by atoms with Crippen molar-refractivity contribution in [3.63, 3.8) is 0 Å². The summed E-state index contributed by atoms with van der Waals surface area (Å²) in [5, 5.41) is 0. The van der Waals surface area contributed by atoms with Gasteiger partial charge >= 0.3 is 0 Å². The zero-order valence-electron chi connectivity index (χ0n) is 63.4. The van der Waals surface area contributed by atoms with Crippen molar-refractivity contribution in [2.45, 2.75) is 243 Å². The normalized spacial score (nSPS) is 30.4. The summed E-state index contributed by atoms with van der Waals surface area (Å²) in [6.45, 7) is 61.2. The lowest BCUT2D eigenvalue weighted by molar-refractivity contribution is -0.0993. The highest BCUT2D eigenvalue weighted by atomic mass is 16.5. The van der Waals surface area contributed by atoms with E-state index in [0.717, 1.165) is 168 Å². The molecule has 4 aromatic rings. The van der Waals surface area contributed by atoms with Crippen molar-refractivity contribution in [2.24, 2.45) is 0 Å². The lowest BCUT2D eigenvalue weighted by atomic mass is 9.60. The zero-order chi connectivity index (χ0) is 68.3. The maximum Gasteiger partial charge on any atom is 0.119 e. The molecule has 12 heteroatoms. The van der Waals surface area contributed by atoms with E-state index in [9.17, 15) is 0 Å². The Morgan fingerprint density at radius 2 is 1.00 bits per heavy atom. The average Bonchev–Trinajstić information content (AvgIpc) is 0.736. The lowest BCUT2D eigenvalue weighted by Crippen LogP contribution is -2.70. The van der Waals surface area contributed by atoms with Crippen molar-refractivity contribution in [1.29, 1.82) is 0 Å². The Morgan fingerprint density at radius 1 is 0.479 bits per heavy atom. The fourth-order valence-corrected chi connectivity index (χ4v) is 17.2. The SMILES string of the molecule is CC(C)(C)OCCN1CCN(CCOc2ccc([C@]3(C)CCC(C)(C)OC4CCN(CCOc5ccc(cc5)C(C)(C)CCC(C)(C)c5ccc(cc5)C5CCN(CC5)C5CN(C5)C(C)(C)[C@](C)(c5ccc(N6CCN(C7CN(C(C)(C)C)C7)CC6)cc5)CC3)CC4)cc2)CC1. The van der Waals surface area contributed by atoms with Crippen LogP contribution < -0.4 is 14.4 Å². The van der Waals surface area contributed by atoms with Crippen LogP contribution in [0.5, 0.6) is 11.5 Å². The molecule has 2 atom stereocenters. The fraction of sp³-hybridized carbons (Fsp3) is 0.714. The number of benzene rings is 4. The highest BCUT2D eigenvalue weighted by Gasteiger charge is 2.52. The van der Waals surface area contributed by atoms with Crippen molar-refractivity contribution in [3.05, 3.63) is 125 Å². The van der Waals surface area contributed by atoms with Crippen LogP contribution in [0.4, 0.5) is 5.69 Å². The molecule has 17 rings (SSSR count). The molecule has 13 heterocycles. The quantitative estimate of drug-likeness (QED) is 0.144. The van der Waals surface area contributed by atoms with Gasteiger partial charge in [0.1, 0.15) is 24.7 Å². The maximum absolute atomic E-state index is 7.26. The van der Waals surface area contributed by atoms with Crippen molar-refractivity contribution in [1.82, 2.24) is 34.3 Å². The Bertz CT molecular complexity index is 3040. The third-order valence-electron chi connectivity index (χ3n) is 25.5. The second kappa shape index (κ2) is 30.2. The number of nitrogens with zero attached hydrogens (tertiary/aromatic N) is 8. The molecule has 0 amide bonds. The van der Waals surface area contributed by atoms with Gasteiger partial charge in [-0.3, -0.25) is 34.3 Å². The van der Waals surface area contributed by atoms with Crippen LogP contribution in [-0.4, -0.2) is 219 Å². The van der Waals surface area contributed by atoms with Crippen molar-refractivity contribution < 1.29 is 18.9 Å². The number of likely N-dealkylation sites (tertiary alicyclic amines) is 1. The number of fused-ring (bicyclic) bond motifs is 2. The van der Waals surface area contributed by atoms with Gasteiger partial charge in [-0.25, -0.2) is 0 Å². The van der Waals surface area contributed by atoms with Gasteiger partial charge in [-0.2, -0.15) is 0 Å². The first kappa shape index (κ1) is 73.1. The Labute approximate surface area is 584 Å². The van der Waals surface area contributed by atoms with E-state index in [1.54, 1.807) is 0 Å². The summed E-state index contributed by atoms with van der Waals surface area (Å²) in [6, 6.07) is 39.6. The molecule has 13 aliphatic rings. The summed E-state index contributed by atoms with van der Waals surface area (Å²) < 4.78 is 26.3. The zero-order valence-corrected chi connectivity index (χ0v) is 63.4. The number of hydrogen-bond acceptors (Lipinski definition) is 12. The molecule has 96 heavy (non-hydrogen) atoms. The predicted molar refractivity (Wildman–Crippen MR) is 400 cm³/mol. The Hall–Kier alpha value is -4.08. The summed E-state index contributed by atoms with van der Waals surface area (Å²) in [7, 11) is 0. The van der Waals surface area contributed by atoms with E-state index in [4.69, 9.17) is 18.9 Å². The average molecular weight is 1320 g/mol. The van der Waals surface area contributed by atoms with E-state index >= 15 is 0 Å². The second-order valence-corrected chi connectivity index (χ2v) is 35.8. The number of piperidine rings is 2.